The number of aromatic nitrogens is 4. The predicted octanol–water partition coefficient (Wildman–Crippen LogP) is 2.12. The molecular formula is C14H21N5O2. The van der Waals surface area contributed by atoms with Crippen molar-refractivity contribution in [3.8, 4) is 0 Å². The van der Waals surface area contributed by atoms with Gasteiger partial charge in [-0.3, -0.25) is 9.89 Å². The molecule has 7 nitrogen and oxygen atoms in total. The highest BCUT2D eigenvalue weighted by atomic mass is 16.4. The van der Waals surface area contributed by atoms with E-state index in [1.807, 2.05) is 27.0 Å². The Morgan fingerprint density at radius 3 is 2.71 bits per heavy atom. The van der Waals surface area contributed by atoms with Gasteiger partial charge in [0.1, 0.15) is 6.04 Å². The van der Waals surface area contributed by atoms with Crippen LogP contribution in [0.25, 0.3) is 0 Å². The van der Waals surface area contributed by atoms with Gasteiger partial charge in [-0.05, 0) is 25.3 Å². The highest BCUT2D eigenvalue weighted by Crippen LogP contribution is 2.16. The molecule has 1 atom stereocenters. The van der Waals surface area contributed by atoms with Crippen molar-refractivity contribution in [2.75, 3.05) is 0 Å². The van der Waals surface area contributed by atoms with Crippen LogP contribution in [0.2, 0.25) is 0 Å². The molecule has 2 aromatic rings. The van der Waals surface area contributed by atoms with Crippen molar-refractivity contribution in [2.45, 2.75) is 52.0 Å². The van der Waals surface area contributed by atoms with E-state index in [4.69, 9.17) is 4.42 Å². The summed E-state index contributed by atoms with van der Waals surface area (Å²) in [5, 5.41) is 17.4. The number of aromatic amines is 1. The first-order valence-electron chi connectivity index (χ1n) is 7.16. The molecule has 0 aromatic carbocycles. The van der Waals surface area contributed by atoms with E-state index >= 15 is 0 Å². The van der Waals surface area contributed by atoms with Crippen LogP contribution in [0.3, 0.4) is 0 Å². The Morgan fingerprint density at radius 1 is 1.33 bits per heavy atom. The summed E-state index contributed by atoms with van der Waals surface area (Å²) in [5.41, 5.74) is 1.11. The summed E-state index contributed by atoms with van der Waals surface area (Å²) in [6, 6.07) is -0.272. The van der Waals surface area contributed by atoms with Gasteiger partial charge in [0.05, 0.1) is 6.20 Å². The van der Waals surface area contributed by atoms with Gasteiger partial charge < -0.3 is 9.73 Å². The van der Waals surface area contributed by atoms with Crippen molar-refractivity contribution in [2.24, 2.45) is 0 Å². The minimum absolute atomic E-state index is 0.0182. The number of hydrogen-bond acceptors (Lipinski definition) is 5. The van der Waals surface area contributed by atoms with Crippen LogP contribution in [0.1, 0.15) is 62.9 Å². The third kappa shape index (κ3) is 4.40. The quantitative estimate of drug-likeness (QED) is 0.814. The van der Waals surface area contributed by atoms with E-state index in [1.54, 1.807) is 6.20 Å². The molecule has 0 aliphatic carbocycles. The lowest BCUT2D eigenvalue weighted by molar-refractivity contribution is -0.122. The number of nitrogens with zero attached hydrogens (tertiary/aromatic N) is 3. The van der Waals surface area contributed by atoms with Gasteiger partial charge in [0, 0.05) is 18.5 Å². The maximum Gasteiger partial charge on any atom is 0.238 e. The first-order chi connectivity index (χ1) is 10.1. The highest BCUT2D eigenvalue weighted by Gasteiger charge is 2.17. The van der Waals surface area contributed by atoms with Crippen LogP contribution in [-0.2, 0) is 11.2 Å². The predicted molar refractivity (Wildman–Crippen MR) is 76.5 cm³/mol. The highest BCUT2D eigenvalue weighted by molar-refractivity contribution is 5.76. The third-order valence-corrected chi connectivity index (χ3v) is 3.12. The van der Waals surface area contributed by atoms with Crippen molar-refractivity contribution < 1.29 is 9.21 Å². The normalized spacial score (nSPS) is 12.6. The summed E-state index contributed by atoms with van der Waals surface area (Å²) in [5.74, 6) is 1.20. The third-order valence-electron chi connectivity index (χ3n) is 3.12. The zero-order valence-corrected chi connectivity index (χ0v) is 12.6. The molecule has 2 heterocycles. The Labute approximate surface area is 123 Å². The minimum atomic E-state index is -0.272. The average molecular weight is 291 g/mol. The molecular weight excluding hydrogens is 270 g/mol. The Kier molecular flexibility index (Phi) is 5.08. The molecule has 0 radical (unpaired) electrons. The molecule has 0 saturated carbocycles. The first-order valence-corrected chi connectivity index (χ1v) is 7.16. The first kappa shape index (κ1) is 15.2. The minimum Gasteiger partial charge on any atom is -0.423 e. The van der Waals surface area contributed by atoms with Gasteiger partial charge in [-0.1, -0.05) is 13.8 Å². The van der Waals surface area contributed by atoms with Crippen molar-refractivity contribution in [1.29, 1.82) is 0 Å². The second-order valence-electron chi connectivity index (χ2n) is 5.38. The van der Waals surface area contributed by atoms with Gasteiger partial charge in [0.15, 0.2) is 0 Å². The fourth-order valence-corrected chi connectivity index (χ4v) is 1.90. The second-order valence-corrected chi connectivity index (χ2v) is 5.38. The van der Waals surface area contributed by atoms with Gasteiger partial charge in [-0.25, -0.2) is 0 Å². The van der Waals surface area contributed by atoms with E-state index in [2.05, 4.69) is 25.7 Å². The maximum atomic E-state index is 11.9. The van der Waals surface area contributed by atoms with Crippen molar-refractivity contribution in [3.63, 3.8) is 0 Å². The SMILES string of the molecule is CC(C)c1nnc(C(C)NC(=O)CCCc2cn[nH]c2)o1. The monoisotopic (exact) mass is 291 g/mol. The number of hydrogen-bond donors (Lipinski definition) is 2. The number of H-pyrrole nitrogens is 1. The largest absolute Gasteiger partial charge is 0.423 e. The smallest absolute Gasteiger partial charge is 0.238 e. The maximum absolute atomic E-state index is 11.9. The lowest BCUT2D eigenvalue weighted by Crippen LogP contribution is -2.26. The summed E-state index contributed by atoms with van der Waals surface area (Å²) < 4.78 is 5.52. The van der Waals surface area contributed by atoms with Crippen LogP contribution < -0.4 is 5.32 Å². The molecule has 0 aliphatic heterocycles. The van der Waals surface area contributed by atoms with Crippen LogP contribution in [-0.4, -0.2) is 26.3 Å². The fourth-order valence-electron chi connectivity index (χ4n) is 1.90. The number of carbonyl (C=O) groups excluding carboxylic acids is 1. The molecule has 1 unspecified atom stereocenters. The van der Waals surface area contributed by atoms with Gasteiger partial charge in [-0.15, -0.1) is 10.2 Å². The van der Waals surface area contributed by atoms with Crippen molar-refractivity contribution in [3.05, 3.63) is 29.7 Å². The average Bonchev–Trinajstić information content (AvgIpc) is 3.09. The van der Waals surface area contributed by atoms with Crippen LogP contribution >= 0.6 is 0 Å². The molecule has 0 fully saturated rings. The van der Waals surface area contributed by atoms with Crippen molar-refractivity contribution in [1.82, 2.24) is 25.7 Å². The van der Waals surface area contributed by atoms with E-state index in [0.29, 0.717) is 18.2 Å². The zero-order chi connectivity index (χ0) is 15.2. The van der Waals surface area contributed by atoms with Gasteiger partial charge in [-0.2, -0.15) is 5.10 Å². The summed E-state index contributed by atoms with van der Waals surface area (Å²) in [6.45, 7) is 5.80. The molecule has 0 spiro atoms. The van der Waals surface area contributed by atoms with Crippen LogP contribution in [0.5, 0.6) is 0 Å². The van der Waals surface area contributed by atoms with E-state index < -0.39 is 0 Å². The summed E-state index contributed by atoms with van der Waals surface area (Å²) in [7, 11) is 0. The Balaban J connectivity index is 1.75. The molecule has 2 rings (SSSR count). The number of nitrogens with one attached hydrogen (secondary N) is 2. The molecule has 114 valence electrons. The lowest BCUT2D eigenvalue weighted by atomic mass is 10.1. The summed E-state index contributed by atoms with van der Waals surface area (Å²) in [6.07, 6.45) is 5.68. The molecule has 0 aliphatic rings. The number of aryl methyl sites for hydroxylation is 1. The molecule has 21 heavy (non-hydrogen) atoms. The molecule has 7 heteroatoms. The summed E-state index contributed by atoms with van der Waals surface area (Å²) >= 11 is 0. The van der Waals surface area contributed by atoms with E-state index in [0.717, 1.165) is 18.4 Å². The van der Waals surface area contributed by atoms with Gasteiger partial charge >= 0.3 is 0 Å². The molecule has 2 aromatic heterocycles. The number of amides is 1. The van der Waals surface area contributed by atoms with Crippen molar-refractivity contribution >= 4 is 5.91 Å². The van der Waals surface area contributed by atoms with E-state index in [1.165, 1.54) is 0 Å². The second kappa shape index (κ2) is 7.01. The van der Waals surface area contributed by atoms with E-state index in [9.17, 15) is 4.79 Å². The zero-order valence-electron chi connectivity index (χ0n) is 12.6. The standard InChI is InChI=1S/C14H21N5O2/c1-9(2)13-18-19-14(21-13)10(3)17-12(20)6-4-5-11-7-15-16-8-11/h7-10H,4-6H2,1-3H3,(H,15,16)(H,17,20). The molecule has 1 amide bonds. The van der Waals surface area contributed by atoms with E-state index in [-0.39, 0.29) is 17.9 Å². The Bertz CT molecular complexity index is 562. The molecule has 0 bridgehead atoms. The lowest BCUT2D eigenvalue weighted by Gasteiger charge is -2.09. The van der Waals surface area contributed by atoms with Crippen LogP contribution in [0, 0.1) is 0 Å². The van der Waals surface area contributed by atoms with Crippen LogP contribution in [0.15, 0.2) is 16.8 Å². The topological polar surface area (TPSA) is 96.7 Å². The molecule has 0 saturated heterocycles. The summed E-state index contributed by atoms with van der Waals surface area (Å²) in [4.78, 5) is 11.9. The van der Waals surface area contributed by atoms with Gasteiger partial charge in [0.2, 0.25) is 17.7 Å². The van der Waals surface area contributed by atoms with Crippen LogP contribution in [0.4, 0.5) is 0 Å². The number of rotatable bonds is 7. The molecule has 2 N–H and O–H groups in total. The fraction of sp³-hybridized carbons (Fsp3) is 0.571. The Hall–Kier alpha value is -2.18. The Morgan fingerprint density at radius 2 is 2.10 bits per heavy atom. The van der Waals surface area contributed by atoms with Gasteiger partial charge in [0.25, 0.3) is 0 Å². The number of carbonyl (C=O) groups is 1.